The Kier molecular flexibility index (Phi) is 5.27. The van der Waals surface area contributed by atoms with E-state index in [0.717, 1.165) is 37.6 Å². The fraction of sp³-hybridized carbons (Fsp3) is 0.238. The molecule has 0 unspecified atom stereocenters. The van der Waals surface area contributed by atoms with Crippen molar-refractivity contribution in [2.24, 2.45) is 0 Å². The van der Waals surface area contributed by atoms with Crippen LogP contribution in [0.3, 0.4) is 0 Å². The van der Waals surface area contributed by atoms with Crippen molar-refractivity contribution in [3.8, 4) is 23.0 Å². The number of hydrogen-bond donors (Lipinski definition) is 2. The second-order valence-electron chi connectivity index (χ2n) is 6.97. The van der Waals surface area contributed by atoms with Crippen molar-refractivity contribution in [1.82, 2.24) is 24.9 Å². The van der Waals surface area contributed by atoms with E-state index in [1.165, 1.54) is 0 Å². The summed E-state index contributed by atoms with van der Waals surface area (Å²) in [4.78, 5) is 22.7. The fourth-order valence-electron chi connectivity index (χ4n) is 3.41. The van der Waals surface area contributed by atoms with Gasteiger partial charge in [-0.05, 0) is 18.2 Å². The van der Waals surface area contributed by atoms with Crippen molar-refractivity contribution in [3.05, 3.63) is 47.7 Å². The normalized spacial score (nSPS) is 14.1. The number of hydrogen-bond acceptors (Lipinski definition) is 8. The van der Waals surface area contributed by atoms with Gasteiger partial charge in [-0.2, -0.15) is 4.98 Å². The maximum absolute atomic E-state index is 6.52. The lowest BCUT2D eigenvalue weighted by molar-refractivity contribution is 0.122. The Morgan fingerprint density at radius 2 is 1.84 bits per heavy atom. The van der Waals surface area contributed by atoms with Gasteiger partial charge in [-0.1, -0.05) is 23.7 Å². The number of H-pyrrole nitrogens is 1. The first kappa shape index (κ1) is 19.5. The zero-order valence-corrected chi connectivity index (χ0v) is 17.6. The minimum atomic E-state index is 0.291. The molecule has 10 heteroatoms. The molecule has 0 atom stereocenters. The summed E-state index contributed by atoms with van der Waals surface area (Å²) in [7, 11) is 1.75. The van der Waals surface area contributed by atoms with Crippen LogP contribution >= 0.6 is 11.6 Å². The first-order valence-corrected chi connectivity index (χ1v) is 10.2. The van der Waals surface area contributed by atoms with Crippen LogP contribution < -0.4 is 15.0 Å². The van der Waals surface area contributed by atoms with Gasteiger partial charge in [0.15, 0.2) is 11.4 Å². The minimum Gasteiger partial charge on any atom is -0.422 e. The van der Waals surface area contributed by atoms with E-state index in [4.69, 9.17) is 21.1 Å². The highest BCUT2D eigenvalue weighted by Gasteiger charge is 2.15. The number of aromatic nitrogens is 5. The van der Waals surface area contributed by atoms with Gasteiger partial charge in [0.1, 0.15) is 0 Å². The molecule has 9 nitrogen and oxygen atoms in total. The van der Waals surface area contributed by atoms with Gasteiger partial charge in [0.05, 0.1) is 41.8 Å². The molecule has 1 aliphatic rings. The molecule has 3 aromatic heterocycles. The van der Waals surface area contributed by atoms with E-state index in [-0.39, 0.29) is 0 Å². The molecular weight excluding hydrogens is 418 g/mol. The molecule has 4 aromatic rings. The van der Waals surface area contributed by atoms with Gasteiger partial charge in [0.25, 0.3) is 0 Å². The van der Waals surface area contributed by atoms with E-state index in [1.807, 2.05) is 12.1 Å². The van der Waals surface area contributed by atoms with E-state index in [2.05, 4.69) is 47.3 Å². The number of imidazole rings is 1. The highest BCUT2D eigenvalue weighted by Crippen LogP contribution is 2.31. The summed E-state index contributed by atoms with van der Waals surface area (Å²) >= 11 is 6.52. The first-order valence-electron chi connectivity index (χ1n) is 9.86. The van der Waals surface area contributed by atoms with Crippen LogP contribution in [0.5, 0.6) is 11.8 Å². The summed E-state index contributed by atoms with van der Waals surface area (Å²) in [5.41, 5.74) is 3.94. The van der Waals surface area contributed by atoms with E-state index in [1.54, 1.807) is 25.5 Å². The fourth-order valence-corrected chi connectivity index (χ4v) is 3.67. The van der Waals surface area contributed by atoms with Crippen LogP contribution in [-0.4, -0.2) is 58.3 Å². The SMILES string of the molecule is CNc1ncc(Oc2nc3nc(-c4ccc(N5CCOCC5)cc4)c(Cl)cc3[nH]2)cn1. The molecule has 0 saturated carbocycles. The number of pyridine rings is 1. The zero-order chi connectivity index (χ0) is 21.2. The second kappa shape index (κ2) is 8.37. The van der Waals surface area contributed by atoms with E-state index >= 15 is 0 Å². The topological polar surface area (TPSA) is 101 Å². The molecule has 1 saturated heterocycles. The van der Waals surface area contributed by atoms with Crippen LogP contribution in [0.2, 0.25) is 5.02 Å². The Morgan fingerprint density at radius 1 is 1.10 bits per heavy atom. The number of nitrogens with zero attached hydrogens (tertiary/aromatic N) is 5. The third-order valence-corrected chi connectivity index (χ3v) is 5.28. The molecule has 1 aromatic carbocycles. The Morgan fingerprint density at radius 3 is 2.55 bits per heavy atom. The molecule has 4 heterocycles. The van der Waals surface area contributed by atoms with Gasteiger partial charge in [-0.25, -0.2) is 15.0 Å². The zero-order valence-electron chi connectivity index (χ0n) is 16.8. The van der Waals surface area contributed by atoms with Crippen molar-refractivity contribution in [3.63, 3.8) is 0 Å². The number of anilines is 2. The number of fused-ring (bicyclic) bond motifs is 1. The average Bonchev–Trinajstić information content (AvgIpc) is 3.20. The maximum atomic E-state index is 6.52. The molecule has 0 spiro atoms. The molecule has 158 valence electrons. The van der Waals surface area contributed by atoms with Crippen molar-refractivity contribution in [2.75, 3.05) is 43.6 Å². The van der Waals surface area contributed by atoms with Crippen LogP contribution in [0, 0.1) is 0 Å². The predicted molar refractivity (Wildman–Crippen MR) is 119 cm³/mol. The standard InChI is InChI=1S/C21H20ClN7O2/c1-23-20-24-11-15(12-25-20)31-21-26-17-10-16(22)18(27-19(17)28-21)13-2-4-14(5-3-13)29-6-8-30-9-7-29/h2-5,10-12H,6-9H2,1H3,(H,23,24,25)(H,26,27,28). The molecule has 0 aliphatic carbocycles. The maximum Gasteiger partial charge on any atom is 0.301 e. The monoisotopic (exact) mass is 437 g/mol. The second-order valence-corrected chi connectivity index (χ2v) is 7.38. The molecule has 1 fully saturated rings. The first-order chi connectivity index (χ1) is 15.2. The lowest BCUT2D eigenvalue weighted by atomic mass is 10.1. The Bertz CT molecular complexity index is 1190. The van der Waals surface area contributed by atoms with Gasteiger partial charge < -0.3 is 24.7 Å². The predicted octanol–water partition coefficient (Wildman–Crippen LogP) is 3.74. The van der Waals surface area contributed by atoms with Crippen LogP contribution in [0.1, 0.15) is 0 Å². The van der Waals surface area contributed by atoms with E-state index < -0.39 is 0 Å². The number of benzene rings is 1. The smallest absolute Gasteiger partial charge is 0.301 e. The number of rotatable bonds is 5. The van der Waals surface area contributed by atoms with Gasteiger partial charge in [0, 0.05) is 31.4 Å². The van der Waals surface area contributed by atoms with E-state index in [9.17, 15) is 0 Å². The Hall–Kier alpha value is -3.43. The van der Waals surface area contributed by atoms with Crippen molar-refractivity contribution in [2.45, 2.75) is 0 Å². The third-order valence-electron chi connectivity index (χ3n) is 4.99. The number of morpholine rings is 1. The van der Waals surface area contributed by atoms with Crippen LogP contribution in [-0.2, 0) is 4.74 Å². The van der Waals surface area contributed by atoms with E-state index in [0.29, 0.717) is 39.6 Å². The third kappa shape index (κ3) is 4.10. The Labute approximate surface area is 183 Å². The number of halogens is 1. The largest absolute Gasteiger partial charge is 0.422 e. The number of nitrogens with one attached hydrogen (secondary N) is 2. The molecular formula is C21H20ClN7O2. The highest BCUT2D eigenvalue weighted by molar-refractivity contribution is 6.33. The minimum absolute atomic E-state index is 0.291. The summed E-state index contributed by atoms with van der Waals surface area (Å²) in [6.07, 6.45) is 3.13. The summed E-state index contributed by atoms with van der Waals surface area (Å²) in [6.45, 7) is 3.29. The lowest BCUT2D eigenvalue weighted by Gasteiger charge is -2.28. The molecule has 31 heavy (non-hydrogen) atoms. The summed E-state index contributed by atoms with van der Waals surface area (Å²) in [6, 6.07) is 10.3. The summed E-state index contributed by atoms with van der Waals surface area (Å²) < 4.78 is 11.1. The van der Waals surface area contributed by atoms with Gasteiger partial charge in [-0.3, -0.25) is 0 Å². The van der Waals surface area contributed by atoms with Crippen molar-refractivity contribution in [1.29, 1.82) is 0 Å². The molecule has 0 bridgehead atoms. The van der Waals surface area contributed by atoms with Crippen molar-refractivity contribution < 1.29 is 9.47 Å². The molecule has 0 radical (unpaired) electrons. The van der Waals surface area contributed by atoms with Crippen LogP contribution in [0.25, 0.3) is 22.4 Å². The van der Waals surface area contributed by atoms with Gasteiger partial charge in [-0.15, -0.1) is 0 Å². The number of ether oxygens (including phenoxy) is 2. The highest BCUT2D eigenvalue weighted by atomic mass is 35.5. The van der Waals surface area contributed by atoms with Gasteiger partial charge in [0.2, 0.25) is 5.95 Å². The molecule has 5 rings (SSSR count). The van der Waals surface area contributed by atoms with Gasteiger partial charge >= 0.3 is 6.01 Å². The summed E-state index contributed by atoms with van der Waals surface area (Å²) in [5, 5.41) is 3.39. The van der Waals surface area contributed by atoms with Crippen molar-refractivity contribution >= 4 is 34.4 Å². The average molecular weight is 438 g/mol. The molecule has 2 N–H and O–H groups in total. The van der Waals surface area contributed by atoms with Crippen LogP contribution in [0.15, 0.2) is 42.7 Å². The molecule has 0 amide bonds. The Balaban J connectivity index is 1.39. The summed E-state index contributed by atoms with van der Waals surface area (Å²) in [5.74, 6) is 0.970. The lowest BCUT2D eigenvalue weighted by Crippen LogP contribution is -2.36. The number of aromatic amines is 1. The quantitative estimate of drug-likeness (QED) is 0.487. The molecule has 1 aliphatic heterocycles. The van der Waals surface area contributed by atoms with Crippen LogP contribution in [0.4, 0.5) is 11.6 Å².